The summed E-state index contributed by atoms with van der Waals surface area (Å²) in [6.07, 6.45) is 0. The summed E-state index contributed by atoms with van der Waals surface area (Å²) in [6, 6.07) is 11.1. The van der Waals surface area contributed by atoms with Gasteiger partial charge in [0.15, 0.2) is 5.13 Å². The first-order valence-corrected chi connectivity index (χ1v) is 9.65. The van der Waals surface area contributed by atoms with Gasteiger partial charge in [0.2, 0.25) is 0 Å². The number of amides is 1. The van der Waals surface area contributed by atoms with E-state index in [-0.39, 0.29) is 11.7 Å². The molecule has 3 aromatic rings. The summed E-state index contributed by atoms with van der Waals surface area (Å²) in [5.41, 5.74) is 1.73. The number of piperazine rings is 1. The number of halogens is 1. The lowest BCUT2D eigenvalue weighted by molar-refractivity contribution is 0.0599. The average molecular weight is 399 g/mol. The van der Waals surface area contributed by atoms with Crippen LogP contribution in [0.4, 0.5) is 9.52 Å². The van der Waals surface area contributed by atoms with Crippen LogP contribution in [-0.2, 0) is 4.74 Å². The molecule has 0 spiro atoms. The predicted molar refractivity (Wildman–Crippen MR) is 105 cm³/mol. The molecule has 0 unspecified atom stereocenters. The number of hydrogen-bond acceptors (Lipinski definition) is 6. The zero-order chi connectivity index (χ0) is 19.7. The van der Waals surface area contributed by atoms with Gasteiger partial charge in [-0.3, -0.25) is 4.79 Å². The van der Waals surface area contributed by atoms with Crippen LogP contribution >= 0.6 is 11.3 Å². The number of carbonyl (C=O) groups excluding carboxylic acids is 2. The highest BCUT2D eigenvalue weighted by atomic mass is 32.1. The van der Waals surface area contributed by atoms with Gasteiger partial charge < -0.3 is 14.5 Å². The highest BCUT2D eigenvalue weighted by molar-refractivity contribution is 7.22. The minimum absolute atomic E-state index is 0.0672. The number of ether oxygens (including phenoxy) is 1. The maximum Gasteiger partial charge on any atom is 0.337 e. The molecule has 0 atom stereocenters. The second-order valence-electron chi connectivity index (χ2n) is 6.46. The second kappa shape index (κ2) is 7.55. The number of nitrogens with zero attached hydrogens (tertiary/aromatic N) is 3. The van der Waals surface area contributed by atoms with E-state index in [2.05, 4.69) is 14.6 Å². The SMILES string of the molecule is COC(=O)c1ccc(C(=O)N2CCN(c3nc4ccc(F)cc4s3)CC2)cc1. The van der Waals surface area contributed by atoms with E-state index in [1.807, 2.05) is 0 Å². The van der Waals surface area contributed by atoms with E-state index in [9.17, 15) is 14.0 Å². The zero-order valence-electron chi connectivity index (χ0n) is 15.2. The first-order valence-electron chi connectivity index (χ1n) is 8.84. The highest BCUT2D eigenvalue weighted by Gasteiger charge is 2.24. The molecule has 0 radical (unpaired) electrons. The van der Waals surface area contributed by atoms with Gasteiger partial charge in [-0.2, -0.15) is 0 Å². The fourth-order valence-corrected chi connectivity index (χ4v) is 4.21. The van der Waals surface area contributed by atoms with Crippen molar-refractivity contribution in [3.05, 3.63) is 59.4 Å². The smallest absolute Gasteiger partial charge is 0.337 e. The van der Waals surface area contributed by atoms with Crippen LogP contribution in [0.1, 0.15) is 20.7 Å². The van der Waals surface area contributed by atoms with Crippen molar-refractivity contribution in [2.24, 2.45) is 0 Å². The topological polar surface area (TPSA) is 62.7 Å². The van der Waals surface area contributed by atoms with E-state index in [0.717, 1.165) is 15.3 Å². The van der Waals surface area contributed by atoms with Crippen molar-refractivity contribution in [3.63, 3.8) is 0 Å². The third-order valence-electron chi connectivity index (χ3n) is 4.73. The molecule has 2 heterocycles. The van der Waals surface area contributed by atoms with Crippen LogP contribution in [0.5, 0.6) is 0 Å². The first-order chi connectivity index (χ1) is 13.5. The van der Waals surface area contributed by atoms with E-state index in [0.29, 0.717) is 37.3 Å². The summed E-state index contributed by atoms with van der Waals surface area (Å²) >= 11 is 1.46. The monoisotopic (exact) mass is 399 g/mol. The molecule has 4 rings (SSSR count). The van der Waals surface area contributed by atoms with Crippen LogP contribution < -0.4 is 4.90 Å². The molecule has 0 N–H and O–H groups in total. The molecule has 1 aliphatic heterocycles. The summed E-state index contributed by atoms with van der Waals surface area (Å²) in [7, 11) is 1.32. The molecule has 1 fully saturated rings. The van der Waals surface area contributed by atoms with Gasteiger partial charge in [0.05, 0.1) is 22.9 Å². The van der Waals surface area contributed by atoms with E-state index < -0.39 is 5.97 Å². The third kappa shape index (κ3) is 3.55. The van der Waals surface area contributed by atoms with Crippen molar-refractivity contribution in [3.8, 4) is 0 Å². The molecular weight excluding hydrogens is 381 g/mol. The minimum Gasteiger partial charge on any atom is -0.465 e. The number of rotatable bonds is 3. The number of carbonyl (C=O) groups is 2. The number of anilines is 1. The number of fused-ring (bicyclic) bond motifs is 1. The lowest BCUT2D eigenvalue weighted by Gasteiger charge is -2.34. The highest BCUT2D eigenvalue weighted by Crippen LogP contribution is 2.30. The Kier molecular flexibility index (Phi) is 4.95. The summed E-state index contributed by atoms with van der Waals surface area (Å²) in [5, 5.41) is 0.843. The van der Waals surface area contributed by atoms with Gasteiger partial charge in [0, 0.05) is 31.7 Å². The molecular formula is C20H18FN3O3S. The van der Waals surface area contributed by atoms with Crippen molar-refractivity contribution >= 4 is 38.6 Å². The van der Waals surface area contributed by atoms with Crippen molar-refractivity contribution in [2.75, 3.05) is 38.2 Å². The van der Waals surface area contributed by atoms with E-state index in [1.54, 1.807) is 35.2 Å². The summed E-state index contributed by atoms with van der Waals surface area (Å²) in [5.74, 6) is -0.762. The molecule has 1 amide bonds. The zero-order valence-corrected chi connectivity index (χ0v) is 16.0. The Bertz CT molecular complexity index is 1030. The van der Waals surface area contributed by atoms with Crippen molar-refractivity contribution in [1.82, 2.24) is 9.88 Å². The van der Waals surface area contributed by atoms with E-state index in [4.69, 9.17) is 0 Å². The Morgan fingerprint density at radius 1 is 1.04 bits per heavy atom. The maximum atomic E-state index is 13.4. The van der Waals surface area contributed by atoms with Gasteiger partial charge in [-0.15, -0.1) is 0 Å². The molecule has 0 saturated carbocycles. The molecule has 6 nitrogen and oxygen atoms in total. The quantitative estimate of drug-likeness (QED) is 0.633. The van der Waals surface area contributed by atoms with Crippen LogP contribution in [0.3, 0.4) is 0 Å². The Morgan fingerprint density at radius 2 is 1.71 bits per heavy atom. The Hall–Kier alpha value is -3.00. The lowest BCUT2D eigenvalue weighted by Crippen LogP contribution is -2.48. The Balaban J connectivity index is 1.41. The number of methoxy groups -OCH3 is 1. The third-order valence-corrected chi connectivity index (χ3v) is 5.81. The van der Waals surface area contributed by atoms with Crippen LogP contribution in [0.15, 0.2) is 42.5 Å². The number of aromatic nitrogens is 1. The normalized spacial score (nSPS) is 14.4. The predicted octanol–water partition coefficient (Wildman–Crippen LogP) is 3.18. The van der Waals surface area contributed by atoms with Crippen LogP contribution in [0.2, 0.25) is 0 Å². The summed E-state index contributed by atoms with van der Waals surface area (Å²) < 4.78 is 18.9. The average Bonchev–Trinajstić information content (AvgIpc) is 3.16. The van der Waals surface area contributed by atoms with Crippen LogP contribution in [0.25, 0.3) is 10.2 Å². The standard InChI is InChI=1S/C20H18FN3O3S/c1-27-19(26)14-4-2-13(3-5-14)18(25)23-8-10-24(11-9-23)20-22-16-7-6-15(21)12-17(16)28-20/h2-7,12H,8-11H2,1H3. The molecule has 144 valence electrons. The first kappa shape index (κ1) is 18.4. The number of esters is 1. The van der Waals surface area contributed by atoms with Gasteiger partial charge in [-0.05, 0) is 42.5 Å². The molecule has 1 aromatic heterocycles. The van der Waals surface area contributed by atoms with E-state index >= 15 is 0 Å². The fraction of sp³-hybridized carbons (Fsp3) is 0.250. The Morgan fingerprint density at radius 3 is 2.39 bits per heavy atom. The molecule has 28 heavy (non-hydrogen) atoms. The summed E-state index contributed by atoms with van der Waals surface area (Å²) in [4.78, 5) is 32.7. The second-order valence-corrected chi connectivity index (χ2v) is 7.47. The largest absolute Gasteiger partial charge is 0.465 e. The minimum atomic E-state index is -0.427. The van der Waals surface area contributed by atoms with Gasteiger partial charge >= 0.3 is 5.97 Å². The maximum absolute atomic E-state index is 13.4. The number of thiazole rings is 1. The van der Waals surface area contributed by atoms with Gasteiger partial charge in [-0.25, -0.2) is 14.2 Å². The van der Waals surface area contributed by atoms with Crippen molar-refractivity contribution in [1.29, 1.82) is 0 Å². The molecule has 0 bridgehead atoms. The lowest BCUT2D eigenvalue weighted by atomic mass is 10.1. The molecule has 1 aliphatic rings. The van der Waals surface area contributed by atoms with E-state index in [1.165, 1.54) is 30.6 Å². The molecule has 1 saturated heterocycles. The molecule has 0 aliphatic carbocycles. The fourth-order valence-electron chi connectivity index (χ4n) is 3.17. The Labute approximate surface area is 165 Å². The van der Waals surface area contributed by atoms with Gasteiger partial charge in [-0.1, -0.05) is 11.3 Å². The van der Waals surface area contributed by atoms with Crippen molar-refractivity contribution in [2.45, 2.75) is 0 Å². The number of hydrogen-bond donors (Lipinski definition) is 0. The number of benzene rings is 2. The van der Waals surface area contributed by atoms with Crippen molar-refractivity contribution < 1.29 is 18.7 Å². The van der Waals surface area contributed by atoms with Gasteiger partial charge in [0.1, 0.15) is 5.82 Å². The van der Waals surface area contributed by atoms with Gasteiger partial charge in [0.25, 0.3) is 5.91 Å². The van der Waals surface area contributed by atoms with Crippen LogP contribution in [-0.4, -0.2) is 55.0 Å². The molecule has 2 aromatic carbocycles. The summed E-state index contributed by atoms with van der Waals surface area (Å²) in [6.45, 7) is 2.46. The van der Waals surface area contributed by atoms with Crippen LogP contribution in [0, 0.1) is 5.82 Å². The molecule has 8 heteroatoms.